The van der Waals surface area contributed by atoms with Gasteiger partial charge in [0.05, 0.1) is 14.2 Å². The quantitative estimate of drug-likeness (QED) is 0.826. The second-order valence-electron chi connectivity index (χ2n) is 3.50. The van der Waals surface area contributed by atoms with E-state index in [1.54, 1.807) is 14.2 Å². The molecule has 1 aromatic carbocycles. The number of rotatable bonds is 3. The molecule has 76 valence electrons. The highest BCUT2D eigenvalue weighted by atomic mass is 79.9. The van der Waals surface area contributed by atoms with Crippen molar-refractivity contribution in [2.75, 3.05) is 14.2 Å². The second kappa shape index (κ2) is 3.81. The molecule has 2 nitrogen and oxygen atoms in total. The third kappa shape index (κ3) is 1.73. The Morgan fingerprint density at radius 2 is 1.71 bits per heavy atom. The number of ether oxygens (including phenoxy) is 2. The van der Waals surface area contributed by atoms with Crippen LogP contribution in [0.25, 0.3) is 0 Å². The molecule has 0 bridgehead atoms. The standard InChI is InChI=1S/C11H13BrO2/c1-13-10-5-8(7-3-4-7)9(12)6-11(10)14-2/h5-7H,3-4H2,1-2H3. The Hall–Kier alpha value is -0.700. The van der Waals surface area contributed by atoms with Crippen molar-refractivity contribution in [1.29, 1.82) is 0 Å². The molecule has 0 N–H and O–H groups in total. The maximum absolute atomic E-state index is 5.26. The molecule has 14 heavy (non-hydrogen) atoms. The van der Waals surface area contributed by atoms with Crippen LogP contribution >= 0.6 is 15.9 Å². The predicted molar refractivity (Wildman–Crippen MR) is 59.2 cm³/mol. The fraction of sp³-hybridized carbons (Fsp3) is 0.455. The van der Waals surface area contributed by atoms with E-state index in [9.17, 15) is 0 Å². The Balaban J connectivity index is 2.42. The number of hydrogen-bond acceptors (Lipinski definition) is 2. The summed E-state index contributed by atoms with van der Waals surface area (Å²) < 4.78 is 11.6. The lowest BCUT2D eigenvalue weighted by Crippen LogP contribution is -1.93. The van der Waals surface area contributed by atoms with Gasteiger partial charge in [-0.2, -0.15) is 0 Å². The van der Waals surface area contributed by atoms with E-state index < -0.39 is 0 Å². The lowest BCUT2D eigenvalue weighted by molar-refractivity contribution is 0.354. The highest BCUT2D eigenvalue weighted by molar-refractivity contribution is 9.10. The Labute approximate surface area is 92.3 Å². The van der Waals surface area contributed by atoms with Crippen LogP contribution in [0.15, 0.2) is 16.6 Å². The van der Waals surface area contributed by atoms with Gasteiger partial charge in [-0.05, 0) is 36.5 Å². The van der Waals surface area contributed by atoms with Crippen molar-refractivity contribution >= 4 is 15.9 Å². The topological polar surface area (TPSA) is 18.5 Å². The average molecular weight is 257 g/mol. The predicted octanol–water partition coefficient (Wildman–Crippen LogP) is 3.34. The van der Waals surface area contributed by atoms with Crippen LogP contribution in [-0.2, 0) is 0 Å². The second-order valence-corrected chi connectivity index (χ2v) is 4.36. The summed E-state index contributed by atoms with van der Waals surface area (Å²) in [6, 6.07) is 4.05. The van der Waals surface area contributed by atoms with Gasteiger partial charge in [0.1, 0.15) is 0 Å². The molecular formula is C11H13BrO2. The molecule has 0 heterocycles. The Morgan fingerprint density at radius 3 is 2.21 bits per heavy atom. The van der Waals surface area contributed by atoms with E-state index in [0.717, 1.165) is 16.0 Å². The first-order chi connectivity index (χ1) is 6.76. The van der Waals surface area contributed by atoms with Crippen molar-refractivity contribution in [3.8, 4) is 11.5 Å². The van der Waals surface area contributed by atoms with Crippen LogP contribution in [0.4, 0.5) is 0 Å². The number of hydrogen-bond donors (Lipinski definition) is 0. The van der Waals surface area contributed by atoms with Crippen molar-refractivity contribution < 1.29 is 9.47 Å². The molecule has 0 spiro atoms. The third-order valence-electron chi connectivity index (χ3n) is 2.52. The zero-order valence-electron chi connectivity index (χ0n) is 8.34. The van der Waals surface area contributed by atoms with Crippen LogP contribution in [0.1, 0.15) is 24.3 Å². The van der Waals surface area contributed by atoms with Gasteiger partial charge in [0, 0.05) is 4.47 Å². The maximum atomic E-state index is 5.26. The molecule has 0 atom stereocenters. The highest BCUT2D eigenvalue weighted by Crippen LogP contribution is 2.46. The van der Waals surface area contributed by atoms with Crippen LogP contribution in [0, 0.1) is 0 Å². The number of halogens is 1. The number of benzene rings is 1. The summed E-state index contributed by atoms with van der Waals surface area (Å²) in [6.45, 7) is 0. The van der Waals surface area contributed by atoms with Crippen LogP contribution < -0.4 is 9.47 Å². The molecule has 1 aliphatic rings. The van der Waals surface area contributed by atoms with Crippen molar-refractivity contribution in [3.05, 3.63) is 22.2 Å². The van der Waals surface area contributed by atoms with Gasteiger partial charge in [0.25, 0.3) is 0 Å². The van der Waals surface area contributed by atoms with Crippen LogP contribution in [0.5, 0.6) is 11.5 Å². The van der Waals surface area contributed by atoms with E-state index >= 15 is 0 Å². The van der Waals surface area contributed by atoms with Gasteiger partial charge in [0.2, 0.25) is 0 Å². The molecule has 0 aliphatic heterocycles. The van der Waals surface area contributed by atoms with Gasteiger partial charge in [-0.15, -0.1) is 0 Å². The molecular weight excluding hydrogens is 244 g/mol. The minimum atomic E-state index is 0.712. The first-order valence-corrected chi connectivity index (χ1v) is 5.47. The van der Waals surface area contributed by atoms with Gasteiger partial charge in [-0.3, -0.25) is 0 Å². The molecule has 3 heteroatoms. The van der Waals surface area contributed by atoms with Crippen molar-refractivity contribution in [2.45, 2.75) is 18.8 Å². The third-order valence-corrected chi connectivity index (χ3v) is 3.21. The SMILES string of the molecule is COc1cc(Br)c(C2CC2)cc1OC. The van der Waals surface area contributed by atoms with Gasteiger partial charge in [-0.25, -0.2) is 0 Å². The zero-order valence-corrected chi connectivity index (χ0v) is 9.93. The van der Waals surface area contributed by atoms with Gasteiger partial charge >= 0.3 is 0 Å². The first-order valence-electron chi connectivity index (χ1n) is 4.67. The summed E-state index contributed by atoms with van der Waals surface area (Å²) in [5.74, 6) is 2.31. The summed E-state index contributed by atoms with van der Waals surface area (Å²) >= 11 is 3.56. The van der Waals surface area contributed by atoms with Gasteiger partial charge in [0.15, 0.2) is 11.5 Å². The molecule has 1 aliphatic carbocycles. The fourth-order valence-corrected chi connectivity index (χ4v) is 2.22. The molecule has 0 saturated heterocycles. The van der Waals surface area contributed by atoms with E-state index in [1.807, 2.05) is 6.07 Å². The minimum absolute atomic E-state index is 0.712. The van der Waals surface area contributed by atoms with Gasteiger partial charge in [-0.1, -0.05) is 15.9 Å². The molecule has 2 rings (SSSR count). The van der Waals surface area contributed by atoms with Crippen LogP contribution in [-0.4, -0.2) is 14.2 Å². The molecule has 0 unspecified atom stereocenters. The van der Waals surface area contributed by atoms with E-state index in [-0.39, 0.29) is 0 Å². The lowest BCUT2D eigenvalue weighted by atomic mass is 10.1. The van der Waals surface area contributed by atoms with Gasteiger partial charge < -0.3 is 9.47 Å². The van der Waals surface area contributed by atoms with Crippen molar-refractivity contribution in [1.82, 2.24) is 0 Å². The maximum Gasteiger partial charge on any atom is 0.161 e. The molecule has 0 radical (unpaired) electrons. The zero-order chi connectivity index (χ0) is 10.1. The smallest absolute Gasteiger partial charge is 0.161 e. The molecule has 1 aromatic rings. The number of methoxy groups -OCH3 is 2. The average Bonchev–Trinajstić information content (AvgIpc) is 3.01. The summed E-state index contributed by atoms with van der Waals surface area (Å²) in [5, 5.41) is 0. The lowest BCUT2D eigenvalue weighted by Gasteiger charge is -2.11. The van der Waals surface area contributed by atoms with Crippen molar-refractivity contribution in [3.63, 3.8) is 0 Å². The summed E-state index contributed by atoms with van der Waals surface area (Å²) in [6.07, 6.45) is 2.57. The van der Waals surface area contributed by atoms with E-state index in [2.05, 4.69) is 22.0 Å². The first kappa shape index (κ1) is 9.84. The largest absolute Gasteiger partial charge is 0.493 e. The van der Waals surface area contributed by atoms with Crippen molar-refractivity contribution in [2.24, 2.45) is 0 Å². The Kier molecular flexibility index (Phi) is 2.68. The highest BCUT2D eigenvalue weighted by Gasteiger charge is 2.26. The summed E-state index contributed by atoms with van der Waals surface area (Å²) in [7, 11) is 3.32. The summed E-state index contributed by atoms with van der Waals surface area (Å²) in [4.78, 5) is 0. The Bertz CT molecular complexity index is 345. The molecule has 1 fully saturated rings. The molecule has 0 amide bonds. The molecule has 0 aromatic heterocycles. The normalized spacial score (nSPS) is 15.4. The van der Waals surface area contributed by atoms with E-state index in [4.69, 9.17) is 9.47 Å². The van der Waals surface area contributed by atoms with Crippen LogP contribution in [0.3, 0.4) is 0 Å². The monoisotopic (exact) mass is 256 g/mol. The fourth-order valence-electron chi connectivity index (χ4n) is 1.58. The Morgan fingerprint density at radius 1 is 1.14 bits per heavy atom. The van der Waals surface area contributed by atoms with Crippen LogP contribution in [0.2, 0.25) is 0 Å². The summed E-state index contributed by atoms with van der Waals surface area (Å²) in [5.41, 5.74) is 1.34. The minimum Gasteiger partial charge on any atom is -0.493 e. The molecule has 1 saturated carbocycles. The van der Waals surface area contributed by atoms with E-state index in [0.29, 0.717) is 5.92 Å². The van der Waals surface area contributed by atoms with E-state index in [1.165, 1.54) is 18.4 Å².